The van der Waals surface area contributed by atoms with E-state index in [-0.39, 0.29) is 10.6 Å². The van der Waals surface area contributed by atoms with Gasteiger partial charge in [-0.05, 0) is 18.1 Å². The fraction of sp³-hybridized carbons (Fsp3) is 0.450. The highest BCUT2D eigenvalue weighted by molar-refractivity contribution is 5.80. The summed E-state index contributed by atoms with van der Waals surface area (Å²) < 4.78 is 0. The minimum atomic E-state index is -0.388. The summed E-state index contributed by atoms with van der Waals surface area (Å²) in [7, 11) is 0. The third kappa shape index (κ3) is 5.87. The van der Waals surface area contributed by atoms with Crippen LogP contribution < -0.4 is 10.2 Å². The molecule has 1 aliphatic rings. The normalized spacial score (nSPS) is 14.7. The van der Waals surface area contributed by atoms with Gasteiger partial charge in [-0.1, -0.05) is 25.5 Å². The van der Waals surface area contributed by atoms with Crippen LogP contribution in [0.3, 0.4) is 0 Å². The molecule has 1 fully saturated rings. The van der Waals surface area contributed by atoms with Gasteiger partial charge in [-0.25, -0.2) is 15.0 Å². The van der Waals surface area contributed by atoms with E-state index in [2.05, 4.69) is 32.0 Å². The number of aromatic nitrogens is 2. The molecule has 154 valence electrons. The van der Waals surface area contributed by atoms with Crippen molar-refractivity contribution in [2.24, 2.45) is 4.99 Å². The van der Waals surface area contributed by atoms with E-state index in [0.717, 1.165) is 63.0 Å². The summed E-state index contributed by atoms with van der Waals surface area (Å²) >= 11 is 0. The molecule has 0 radical (unpaired) electrons. The zero-order valence-corrected chi connectivity index (χ0v) is 16.7. The average molecular weight is 397 g/mol. The maximum absolute atomic E-state index is 10.8. The van der Waals surface area contributed by atoms with Crippen molar-refractivity contribution in [3.8, 4) is 0 Å². The Morgan fingerprint density at radius 1 is 1.17 bits per heavy atom. The fourth-order valence-electron chi connectivity index (χ4n) is 3.11. The van der Waals surface area contributed by atoms with E-state index >= 15 is 0 Å². The molecule has 0 unspecified atom stereocenters. The summed E-state index contributed by atoms with van der Waals surface area (Å²) in [6.45, 7) is 6.83. The van der Waals surface area contributed by atoms with Crippen LogP contribution in [0.15, 0.2) is 47.7 Å². The van der Waals surface area contributed by atoms with E-state index < -0.39 is 0 Å². The lowest BCUT2D eigenvalue weighted by Gasteiger charge is -2.36. The lowest BCUT2D eigenvalue weighted by Crippen LogP contribution is -2.53. The molecule has 1 aromatic carbocycles. The van der Waals surface area contributed by atoms with E-state index in [1.807, 2.05) is 6.07 Å². The minimum absolute atomic E-state index is 0.0956. The number of aliphatic imine (C=N–C) groups is 1. The molecule has 0 saturated carbocycles. The third-order valence-corrected chi connectivity index (χ3v) is 4.79. The van der Waals surface area contributed by atoms with Crippen LogP contribution in [0.25, 0.3) is 0 Å². The quantitative estimate of drug-likeness (QED) is 0.252. The molecule has 1 N–H and O–H groups in total. The molecule has 1 aromatic heterocycles. The highest BCUT2D eigenvalue weighted by Crippen LogP contribution is 2.13. The predicted octanol–water partition coefficient (Wildman–Crippen LogP) is 2.45. The molecule has 29 heavy (non-hydrogen) atoms. The Labute approximate surface area is 170 Å². The van der Waals surface area contributed by atoms with Crippen LogP contribution in [0.4, 0.5) is 11.6 Å². The van der Waals surface area contributed by atoms with Gasteiger partial charge in [0.2, 0.25) is 5.95 Å². The van der Waals surface area contributed by atoms with Gasteiger partial charge in [0, 0.05) is 57.3 Å². The van der Waals surface area contributed by atoms with Gasteiger partial charge in [-0.3, -0.25) is 10.1 Å². The summed E-state index contributed by atoms with van der Waals surface area (Å²) in [5.74, 6) is 1.64. The Hall–Kier alpha value is -3.23. The molecule has 9 heteroatoms. The largest absolute Gasteiger partial charge is 0.356 e. The molecule has 2 aromatic rings. The third-order valence-electron chi connectivity index (χ3n) is 4.79. The Morgan fingerprint density at radius 3 is 2.48 bits per heavy atom. The second-order valence-electron chi connectivity index (χ2n) is 6.87. The van der Waals surface area contributed by atoms with Gasteiger partial charge in [-0.15, -0.1) is 0 Å². The minimum Gasteiger partial charge on any atom is -0.356 e. The molecule has 0 amide bonds. The van der Waals surface area contributed by atoms with E-state index in [4.69, 9.17) is 4.99 Å². The zero-order valence-electron chi connectivity index (χ0n) is 16.7. The van der Waals surface area contributed by atoms with Crippen LogP contribution >= 0.6 is 0 Å². The average Bonchev–Trinajstić information content (AvgIpc) is 2.77. The van der Waals surface area contributed by atoms with Crippen LogP contribution in [-0.4, -0.2) is 58.5 Å². The van der Waals surface area contributed by atoms with Crippen molar-refractivity contribution in [2.45, 2.75) is 26.3 Å². The molecule has 1 saturated heterocycles. The molecular weight excluding hydrogens is 370 g/mol. The topological polar surface area (TPSA) is 99.8 Å². The first-order valence-corrected chi connectivity index (χ1v) is 9.96. The SMILES string of the molecule is CCCCNC(=NCc1ccc([N+](=O)[O-])cc1)N1CCN(c2ncccn2)CC1. The van der Waals surface area contributed by atoms with Crippen LogP contribution in [0.1, 0.15) is 25.3 Å². The monoisotopic (exact) mass is 397 g/mol. The van der Waals surface area contributed by atoms with E-state index in [0.29, 0.717) is 6.54 Å². The first-order chi connectivity index (χ1) is 14.2. The predicted molar refractivity (Wildman–Crippen MR) is 113 cm³/mol. The number of nitrogens with zero attached hydrogens (tertiary/aromatic N) is 6. The van der Waals surface area contributed by atoms with Gasteiger partial charge >= 0.3 is 0 Å². The lowest BCUT2D eigenvalue weighted by molar-refractivity contribution is -0.384. The first-order valence-electron chi connectivity index (χ1n) is 9.96. The molecule has 0 bridgehead atoms. The van der Waals surface area contributed by atoms with Gasteiger partial charge in [0.25, 0.3) is 5.69 Å². The number of rotatable bonds is 7. The number of guanidine groups is 1. The molecule has 1 aliphatic heterocycles. The molecule has 0 atom stereocenters. The Balaban J connectivity index is 1.63. The van der Waals surface area contributed by atoms with E-state index in [1.54, 1.807) is 24.5 Å². The second-order valence-corrected chi connectivity index (χ2v) is 6.87. The second kappa shape index (κ2) is 10.4. The Morgan fingerprint density at radius 2 is 1.86 bits per heavy atom. The standard InChI is InChI=1S/C20H27N7O2/c1-2-3-9-21-20(24-16-17-5-7-18(8-6-17)27(28)29)26-14-12-25(13-15-26)19-22-10-4-11-23-19/h4-8,10-11H,2-3,9,12-16H2,1H3,(H,21,24). The van der Waals surface area contributed by atoms with Crippen molar-refractivity contribution < 1.29 is 4.92 Å². The van der Waals surface area contributed by atoms with E-state index in [9.17, 15) is 10.1 Å². The molecular formula is C20H27N7O2. The van der Waals surface area contributed by atoms with Gasteiger partial charge in [0.15, 0.2) is 5.96 Å². The number of anilines is 1. The van der Waals surface area contributed by atoms with Crippen LogP contribution in [0.2, 0.25) is 0 Å². The maximum atomic E-state index is 10.8. The highest BCUT2D eigenvalue weighted by atomic mass is 16.6. The number of benzene rings is 1. The highest BCUT2D eigenvalue weighted by Gasteiger charge is 2.21. The van der Waals surface area contributed by atoms with Gasteiger partial charge in [0.05, 0.1) is 11.5 Å². The van der Waals surface area contributed by atoms with Gasteiger partial charge in [-0.2, -0.15) is 0 Å². The summed E-state index contributed by atoms with van der Waals surface area (Å²) in [5, 5.41) is 14.3. The van der Waals surface area contributed by atoms with E-state index in [1.165, 1.54) is 12.1 Å². The zero-order chi connectivity index (χ0) is 20.5. The molecule has 0 spiro atoms. The number of hydrogen-bond donors (Lipinski definition) is 1. The van der Waals surface area contributed by atoms with Crippen LogP contribution in [-0.2, 0) is 6.54 Å². The number of hydrogen-bond acceptors (Lipinski definition) is 6. The Bertz CT molecular complexity index is 803. The smallest absolute Gasteiger partial charge is 0.269 e. The summed E-state index contributed by atoms with van der Waals surface area (Å²) in [5.41, 5.74) is 1.04. The number of unbranched alkanes of at least 4 members (excludes halogenated alkanes) is 1. The number of nitrogens with one attached hydrogen (secondary N) is 1. The van der Waals surface area contributed by atoms with Crippen molar-refractivity contribution in [1.82, 2.24) is 20.2 Å². The van der Waals surface area contributed by atoms with Crippen molar-refractivity contribution in [3.05, 3.63) is 58.4 Å². The molecule has 9 nitrogen and oxygen atoms in total. The number of nitro benzene ring substituents is 1. The van der Waals surface area contributed by atoms with Crippen molar-refractivity contribution in [3.63, 3.8) is 0 Å². The first kappa shape index (κ1) is 20.5. The van der Waals surface area contributed by atoms with Gasteiger partial charge in [0.1, 0.15) is 0 Å². The number of piperazine rings is 1. The molecule has 2 heterocycles. The lowest BCUT2D eigenvalue weighted by atomic mass is 10.2. The summed E-state index contributed by atoms with van der Waals surface area (Å²) in [4.78, 5) is 28.3. The number of non-ortho nitro benzene ring substituents is 1. The fourth-order valence-corrected chi connectivity index (χ4v) is 3.11. The maximum Gasteiger partial charge on any atom is 0.269 e. The molecule has 3 rings (SSSR count). The van der Waals surface area contributed by atoms with Crippen LogP contribution in [0, 0.1) is 10.1 Å². The summed E-state index contributed by atoms with van der Waals surface area (Å²) in [6.07, 6.45) is 5.71. The summed E-state index contributed by atoms with van der Waals surface area (Å²) in [6, 6.07) is 8.38. The van der Waals surface area contributed by atoms with Crippen LogP contribution in [0.5, 0.6) is 0 Å². The van der Waals surface area contributed by atoms with Crippen molar-refractivity contribution in [1.29, 1.82) is 0 Å². The van der Waals surface area contributed by atoms with Crippen molar-refractivity contribution in [2.75, 3.05) is 37.6 Å². The van der Waals surface area contributed by atoms with Crippen molar-refractivity contribution >= 4 is 17.6 Å². The Kier molecular flexibility index (Phi) is 7.32. The number of nitro groups is 1. The van der Waals surface area contributed by atoms with Gasteiger partial charge < -0.3 is 15.1 Å². The molecule has 0 aliphatic carbocycles.